The highest BCUT2D eigenvalue weighted by Gasteiger charge is 2.22. The molecule has 0 atom stereocenters. The van der Waals surface area contributed by atoms with Crippen LogP contribution in [0.4, 0.5) is 10.3 Å². The maximum absolute atomic E-state index is 13.6. The number of rotatable bonds is 3. The normalized spacial score (nSPS) is 18.8. The zero-order chi connectivity index (χ0) is 18.1. The fourth-order valence-corrected chi connectivity index (χ4v) is 3.87. The molecule has 3 heterocycles. The Balaban J connectivity index is 1.43. The number of hydrogen-bond donors (Lipinski definition) is 0. The first-order valence-electron chi connectivity index (χ1n) is 9.34. The van der Waals surface area contributed by atoms with Crippen LogP contribution in [0.5, 0.6) is 0 Å². The first-order chi connectivity index (χ1) is 12.6. The number of nitrogens with zero attached hydrogens (tertiary/aromatic N) is 4. The van der Waals surface area contributed by atoms with Crippen molar-refractivity contribution in [2.45, 2.75) is 39.3 Å². The quantitative estimate of drug-likeness (QED) is 0.810. The number of aromatic nitrogens is 2. The van der Waals surface area contributed by atoms with Crippen molar-refractivity contribution in [3.8, 4) is 0 Å². The molecular weight excluding hydrogens is 351 g/mol. The molecule has 1 fully saturated rings. The molecule has 1 saturated heterocycles. The largest absolute Gasteiger partial charge is 0.341 e. The van der Waals surface area contributed by atoms with E-state index in [0.717, 1.165) is 55.7 Å². The summed E-state index contributed by atoms with van der Waals surface area (Å²) in [4.78, 5) is 14.1. The van der Waals surface area contributed by atoms with E-state index in [0.29, 0.717) is 6.54 Å². The lowest BCUT2D eigenvalue weighted by molar-refractivity contribution is 0.242. The van der Waals surface area contributed by atoms with Crippen molar-refractivity contribution in [2.24, 2.45) is 5.92 Å². The van der Waals surface area contributed by atoms with Gasteiger partial charge < -0.3 is 4.90 Å². The van der Waals surface area contributed by atoms with Gasteiger partial charge in [0.1, 0.15) is 5.82 Å². The molecule has 138 valence electrons. The predicted molar refractivity (Wildman–Crippen MR) is 102 cm³/mol. The van der Waals surface area contributed by atoms with Gasteiger partial charge in [-0.1, -0.05) is 24.6 Å². The van der Waals surface area contributed by atoms with E-state index in [-0.39, 0.29) is 10.8 Å². The first kappa shape index (κ1) is 17.7. The molecule has 1 aromatic heterocycles. The molecule has 2 aliphatic rings. The highest BCUT2D eigenvalue weighted by molar-refractivity contribution is 6.30. The summed E-state index contributed by atoms with van der Waals surface area (Å²) in [7, 11) is 0. The molecule has 0 N–H and O–H groups in total. The fraction of sp³-hybridized carbons (Fsp3) is 0.500. The number of hydrogen-bond acceptors (Lipinski definition) is 4. The van der Waals surface area contributed by atoms with Crippen LogP contribution < -0.4 is 4.90 Å². The second-order valence-electron chi connectivity index (χ2n) is 7.52. The van der Waals surface area contributed by atoms with Crippen LogP contribution in [0.3, 0.4) is 0 Å². The van der Waals surface area contributed by atoms with E-state index in [4.69, 9.17) is 16.6 Å². The van der Waals surface area contributed by atoms with Crippen LogP contribution in [0.1, 0.15) is 36.6 Å². The van der Waals surface area contributed by atoms with E-state index in [1.54, 1.807) is 6.07 Å². The van der Waals surface area contributed by atoms with Gasteiger partial charge in [-0.2, -0.15) is 0 Å². The molecule has 4 nitrogen and oxygen atoms in total. The summed E-state index contributed by atoms with van der Waals surface area (Å²) in [6.07, 6.45) is 5.31. The zero-order valence-electron chi connectivity index (χ0n) is 15.1. The minimum Gasteiger partial charge on any atom is -0.341 e. The van der Waals surface area contributed by atoms with Crippen LogP contribution in [-0.2, 0) is 19.5 Å². The fourth-order valence-electron chi connectivity index (χ4n) is 3.76. The molecule has 2 aromatic rings. The molecular formula is C20H24ClFN4. The van der Waals surface area contributed by atoms with Crippen LogP contribution in [0.15, 0.2) is 24.4 Å². The standard InChI is InChI=1S/C20H24ClFN4/c1-14-4-8-26(9-5-14)20-23-11-16-13-25(7-6-19(16)24-20)12-15-2-3-17(21)18(22)10-15/h2-3,10-11,14H,4-9,12-13H2,1H3. The molecule has 0 bridgehead atoms. The van der Waals surface area contributed by atoms with Gasteiger partial charge in [0.05, 0.1) is 10.7 Å². The smallest absolute Gasteiger partial charge is 0.225 e. The Morgan fingerprint density at radius 3 is 2.81 bits per heavy atom. The molecule has 6 heteroatoms. The molecule has 0 spiro atoms. The zero-order valence-corrected chi connectivity index (χ0v) is 15.8. The Hall–Kier alpha value is -1.72. The minimum absolute atomic E-state index is 0.172. The lowest BCUT2D eigenvalue weighted by atomic mass is 9.99. The van der Waals surface area contributed by atoms with Gasteiger partial charge in [0.25, 0.3) is 0 Å². The summed E-state index contributed by atoms with van der Waals surface area (Å²) in [5.41, 5.74) is 3.28. The monoisotopic (exact) mass is 374 g/mol. The van der Waals surface area contributed by atoms with Crippen LogP contribution in [0.2, 0.25) is 5.02 Å². The molecule has 2 aliphatic heterocycles. The lowest BCUT2D eigenvalue weighted by Gasteiger charge is -2.32. The summed E-state index contributed by atoms with van der Waals surface area (Å²) in [5.74, 6) is 1.32. The average molecular weight is 375 g/mol. The Morgan fingerprint density at radius 2 is 2.04 bits per heavy atom. The minimum atomic E-state index is -0.356. The van der Waals surface area contributed by atoms with Gasteiger partial charge in [0.2, 0.25) is 5.95 Å². The van der Waals surface area contributed by atoms with Crippen molar-refractivity contribution < 1.29 is 4.39 Å². The van der Waals surface area contributed by atoms with E-state index < -0.39 is 0 Å². The molecule has 0 aliphatic carbocycles. The van der Waals surface area contributed by atoms with Crippen LogP contribution in [-0.4, -0.2) is 34.5 Å². The van der Waals surface area contributed by atoms with Gasteiger partial charge in [0, 0.05) is 50.9 Å². The number of anilines is 1. The third-order valence-corrected chi connectivity index (χ3v) is 5.76. The number of benzene rings is 1. The van der Waals surface area contributed by atoms with Gasteiger partial charge in [-0.05, 0) is 36.5 Å². The van der Waals surface area contributed by atoms with Gasteiger partial charge in [-0.15, -0.1) is 0 Å². The molecule has 0 amide bonds. The van der Waals surface area contributed by atoms with Crippen LogP contribution in [0, 0.1) is 11.7 Å². The summed E-state index contributed by atoms with van der Waals surface area (Å²) in [6.45, 7) is 6.84. The Kier molecular flexibility index (Phi) is 5.09. The van der Waals surface area contributed by atoms with Crippen molar-refractivity contribution in [1.82, 2.24) is 14.9 Å². The van der Waals surface area contributed by atoms with Crippen molar-refractivity contribution in [1.29, 1.82) is 0 Å². The second kappa shape index (κ2) is 7.49. The van der Waals surface area contributed by atoms with E-state index in [1.807, 2.05) is 12.3 Å². The van der Waals surface area contributed by atoms with E-state index >= 15 is 0 Å². The third kappa shape index (κ3) is 3.84. The van der Waals surface area contributed by atoms with Gasteiger partial charge >= 0.3 is 0 Å². The predicted octanol–water partition coefficient (Wildman–Crippen LogP) is 4.06. The van der Waals surface area contributed by atoms with Crippen molar-refractivity contribution >= 4 is 17.5 Å². The molecule has 0 saturated carbocycles. The Labute approximate surface area is 159 Å². The van der Waals surface area contributed by atoms with Crippen molar-refractivity contribution in [3.63, 3.8) is 0 Å². The summed E-state index contributed by atoms with van der Waals surface area (Å²) in [6, 6.07) is 5.03. The highest BCUT2D eigenvalue weighted by Crippen LogP contribution is 2.24. The first-order valence-corrected chi connectivity index (χ1v) is 9.72. The average Bonchev–Trinajstić information content (AvgIpc) is 2.65. The van der Waals surface area contributed by atoms with Gasteiger partial charge in [0.15, 0.2) is 0 Å². The maximum atomic E-state index is 13.6. The van der Waals surface area contributed by atoms with Crippen LogP contribution in [0.25, 0.3) is 0 Å². The Morgan fingerprint density at radius 1 is 1.23 bits per heavy atom. The van der Waals surface area contributed by atoms with Crippen molar-refractivity contribution in [2.75, 3.05) is 24.5 Å². The molecule has 26 heavy (non-hydrogen) atoms. The number of piperidine rings is 1. The van der Waals surface area contributed by atoms with Crippen LogP contribution >= 0.6 is 11.6 Å². The van der Waals surface area contributed by atoms with E-state index in [9.17, 15) is 4.39 Å². The third-order valence-electron chi connectivity index (χ3n) is 5.46. The highest BCUT2D eigenvalue weighted by atomic mass is 35.5. The van der Waals surface area contributed by atoms with E-state index in [2.05, 4.69) is 21.7 Å². The van der Waals surface area contributed by atoms with Gasteiger partial charge in [-0.25, -0.2) is 14.4 Å². The van der Waals surface area contributed by atoms with Crippen molar-refractivity contribution in [3.05, 3.63) is 52.1 Å². The molecule has 4 rings (SSSR count). The lowest BCUT2D eigenvalue weighted by Crippen LogP contribution is -2.35. The summed E-state index contributed by atoms with van der Waals surface area (Å²) in [5, 5.41) is 0.172. The molecule has 0 radical (unpaired) electrons. The van der Waals surface area contributed by atoms with E-state index in [1.165, 1.54) is 24.5 Å². The SMILES string of the molecule is CC1CCN(c2ncc3c(n2)CCN(Cc2ccc(Cl)c(F)c2)C3)CC1. The van der Waals surface area contributed by atoms with Gasteiger partial charge in [-0.3, -0.25) is 4.90 Å². The summed E-state index contributed by atoms with van der Waals surface area (Å²) >= 11 is 5.77. The molecule has 0 unspecified atom stereocenters. The summed E-state index contributed by atoms with van der Waals surface area (Å²) < 4.78 is 13.6. The maximum Gasteiger partial charge on any atom is 0.225 e. The second-order valence-corrected chi connectivity index (χ2v) is 7.93. The topological polar surface area (TPSA) is 32.3 Å². The number of fused-ring (bicyclic) bond motifs is 1. The Bertz CT molecular complexity index is 789. The molecule has 1 aromatic carbocycles. The number of halogens is 2.